The van der Waals surface area contributed by atoms with Gasteiger partial charge in [0, 0.05) is 32.7 Å². The van der Waals surface area contributed by atoms with Gasteiger partial charge in [-0.25, -0.2) is 0 Å². The highest BCUT2D eigenvalue weighted by molar-refractivity contribution is 6.08. The molecule has 1 aromatic rings. The number of imide groups is 1. The van der Waals surface area contributed by atoms with Crippen LogP contribution in [0.5, 0.6) is 5.75 Å². The van der Waals surface area contributed by atoms with Crippen molar-refractivity contribution in [3.8, 4) is 5.75 Å². The van der Waals surface area contributed by atoms with Crippen LogP contribution in [0.1, 0.15) is 32.6 Å². The first kappa shape index (κ1) is 21.1. The molecular formula is C23H34N4O3. The molecule has 0 spiro atoms. The van der Waals surface area contributed by atoms with Crippen molar-refractivity contribution in [1.82, 2.24) is 15.1 Å². The van der Waals surface area contributed by atoms with Crippen LogP contribution in [0, 0.1) is 5.92 Å². The van der Waals surface area contributed by atoms with Gasteiger partial charge in [-0.15, -0.1) is 0 Å². The van der Waals surface area contributed by atoms with E-state index in [1.807, 2.05) is 6.07 Å². The number of carbonyl (C=O) groups is 2. The van der Waals surface area contributed by atoms with E-state index < -0.39 is 5.54 Å². The summed E-state index contributed by atoms with van der Waals surface area (Å²) in [7, 11) is 1.74. The number of benzene rings is 1. The van der Waals surface area contributed by atoms with Crippen LogP contribution in [0.3, 0.4) is 0 Å². The van der Waals surface area contributed by atoms with Crippen LogP contribution in [0.15, 0.2) is 24.3 Å². The summed E-state index contributed by atoms with van der Waals surface area (Å²) < 4.78 is 6.08. The molecule has 2 saturated heterocycles. The predicted octanol–water partition coefficient (Wildman–Crippen LogP) is 1.72. The molecular weight excluding hydrogens is 380 g/mol. The molecule has 30 heavy (non-hydrogen) atoms. The number of hydrogen-bond donors (Lipinski definition) is 1. The average molecular weight is 415 g/mol. The highest BCUT2D eigenvalue weighted by Crippen LogP contribution is 2.33. The van der Waals surface area contributed by atoms with Crippen LogP contribution in [0.4, 0.5) is 5.69 Å². The monoisotopic (exact) mass is 414 g/mol. The Morgan fingerprint density at radius 2 is 1.83 bits per heavy atom. The number of nitrogens with zero attached hydrogens (tertiary/aromatic N) is 3. The maximum absolute atomic E-state index is 12.5. The Morgan fingerprint density at radius 1 is 1.10 bits per heavy atom. The fourth-order valence-corrected chi connectivity index (χ4v) is 4.30. The summed E-state index contributed by atoms with van der Waals surface area (Å²) >= 11 is 0. The number of amides is 2. The van der Waals surface area contributed by atoms with Crippen molar-refractivity contribution in [2.75, 3.05) is 57.8 Å². The minimum atomic E-state index is -0.738. The summed E-state index contributed by atoms with van der Waals surface area (Å²) in [6, 6.07) is 8.35. The van der Waals surface area contributed by atoms with Gasteiger partial charge < -0.3 is 15.0 Å². The number of anilines is 1. The molecule has 3 aliphatic rings. The fraction of sp³-hybridized carbons (Fsp3) is 0.652. The van der Waals surface area contributed by atoms with E-state index in [0.717, 1.165) is 57.4 Å². The highest BCUT2D eigenvalue weighted by atomic mass is 16.5. The molecule has 1 aromatic carbocycles. The molecule has 0 radical (unpaired) electrons. The van der Waals surface area contributed by atoms with Crippen LogP contribution >= 0.6 is 0 Å². The van der Waals surface area contributed by atoms with Gasteiger partial charge in [-0.1, -0.05) is 12.1 Å². The first-order valence-electron chi connectivity index (χ1n) is 11.2. The van der Waals surface area contributed by atoms with E-state index in [4.69, 9.17) is 4.74 Å². The Hall–Kier alpha value is -2.12. The number of ether oxygens (including phenoxy) is 1. The lowest BCUT2D eigenvalue weighted by Crippen LogP contribution is -2.48. The van der Waals surface area contributed by atoms with Crippen molar-refractivity contribution in [3.63, 3.8) is 0 Å². The van der Waals surface area contributed by atoms with Crippen molar-refractivity contribution in [1.29, 1.82) is 0 Å². The predicted molar refractivity (Wildman–Crippen MR) is 117 cm³/mol. The molecule has 1 aliphatic carbocycles. The Labute approximate surface area is 179 Å². The second kappa shape index (κ2) is 8.94. The van der Waals surface area contributed by atoms with Gasteiger partial charge in [-0.2, -0.15) is 0 Å². The lowest BCUT2D eigenvalue weighted by atomic mass is 10.0. The second-order valence-corrected chi connectivity index (χ2v) is 9.01. The van der Waals surface area contributed by atoms with Gasteiger partial charge in [0.25, 0.3) is 0 Å². The highest BCUT2D eigenvalue weighted by Gasteiger charge is 2.46. The smallest absolute Gasteiger partial charge is 0.249 e. The zero-order chi connectivity index (χ0) is 21.1. The molecule has 0 aromatic heterocycles. The van der Waals surface area contributed by atoms with Gasteiger partial charge >= 0.3 is 0 Å². The van der Waals surface area contributed by atoms with E-state index in [1.54, 1.807) is 14.0 Å². The molecule has 4 rings (SSSR count). The molecule has 1 atom stereocenters. The normalized spacial score (nSPS) is 25.3. The summed E-state index contributed by atoms with van der Waals surface area (Å²) in [5.74, 6) is 1.58. The van der Waals surface area contributed by atoms with Crippen molar-refractivity contribution in [2.24, 2.45) is 5.92 Å². The Balaban J connectivity index is 1.23. The number of likely N-dealkylation sites (N-methyl/N-ethyl adjacent to an activating group) is 1. The number of hydrogen-bond acceptors (Lipinski definition) is 6. The molecule has 2 amide bonds. The number of likely N-dealkylation sites (tertiary alicyclic amines) is 1. The summed E-state index contributed by atoms with van der Waals surface area (Å²) in [5, 5.41) is 3.00. The molecule has 7 heteroatoms. The first-order chi connectivity index (χ1) is 14.5. The molecule has 164 valence electrons. The summed E-state index contributed by atoms with van der Waals surface area (Å²) in [4.78, 5) is 31.0. The third-order valence-corrected chi connectivity index (χ3v) is 6.68. The standard InChI is InChI=1S/C23H34N4O3/c1-23(24-2)16-21(28)27(22(23)29)11-5-10-25-12-14-26(15-13-25)19-6-3-4-7-20(19)30-17-18-8-9-18/h3-4,6-7,18,24H,5,8-17H2,1-2H3. The van der Waals surface area contributed by atoms with Gasteiger partial charge in [0.05, 0.1) is 18.7 Å². The van der Waals surface area contributed by atoms with Gasteiger partial charge in [-0.3, -0.25) is 19.4 Å². The van der Waals surface area contributed by atoms with Crippen molar-refractivity contribution in [3.05, 3.63) is 24.3 Å². The third kappa shape index (κ3) is 4.62. The summed E-state index contributed by atoms with van der Waals surface area (Å²) in [6.07, 6.45) is 3.66. The quantitative estimate of drug-likeness (QED) is 0.621. The van der Waals surface area contributed by atoms with Gasteiger partial charge in [0.2, 0.25) is 11.8 Å². The molecule has 1 saturated carbocycles. The van der Waals surface area contributed by atoms with E-state index in [-0.39, 0.29) is 18.2 Å². The first-order valence-corrected chi connectivity index (χ1v) is 11.2. The van der Waals surface area contributed by atoms with E-state index >= 15 is 0 Å². The van der Waals surface area contributed by atoms with Gasteiger partial charge in [-0.05, 0) is 57.8 Å². The van der Waals surface area contributed by atoms with Gasteiger partial charge in [0.1, 0.15) is 11.3 Å². The van der Waals surface area contributed by atoms with Crippen molar-refractivity contribution in [2.45, 2.75) is 38.1 Å². The van der Waals surface area contributed by atoms with Crippen LogP contribution in [0.2, 0.25) is 0 Å². The van der Waals surface area contributed by atoms with Crippen molar-refractivity contribution >= 4 is 17.5 Å². The third-order valence-electron chi connectivity index (χ3n) is 6.68. The summed E-state index contributed by atoms with van der Waals surface area (Å²) in [6.45, 7) is 7.93. The lowest BCUT2D eigenvalue weighted by Gasteiger charge is -2.37. The molecule has 3 fully saturated rings. The maximum Gasteiger partial charge on any atom is 0.249 e. The number of carbonyl (C=O) groups excluding carboxylic acids is 2. The topological polar surface area (TPSA) is 65.1 Å². The SMILES string of the molecule is CNC1(C)CC(=O)N(CCCN2CCN(c3ccccc3OCC3CC3)CC2)C1=O. The number of rotatable bonds is 9. The van der Waals surface area contributed by atoms with E-state index in [0.29, 0.717) is 6.54 Å². The zero-order valence-electron chi connectivity index (χ0n) is 18.2. The molecule has 1 N–H and O–H groups in total. The largest absolute Gasteiger partial charge is 0.491 e. The zero-order valence-corrected chi connectivity index (χ0v) is 18.2. The number of nitrogens with one attached hydrogen (secondary N) is 1. The van der Waals surface area contributed by atoms with Gasteiger partial charge in [0.15, 0.2) is 0 Å². The molecule has 1 unspecified atom stereocenters. The number of para-hydroxylation sites is 2. The van der Waals surface area contributed by atoms with Crippen LogP contribution in [-0.4, -0.2) is 80.1 Å². The number of piperazine rings is 1. The van der Waals surface area contributed by atoms with E-state index in [9.17, 15) is 9.59 Å². The van der Waals surface area contributed by atoms with E-state index in [1.165, 1.54) is 23.4 Å². The Bertz CT molecular complexity index is 773. The van der Waals surface area contributed by atoms with E-state index in [2.05, 4.69) is 33.3 Å². The van der Waals surface area contributed by atoms with Crippen molar-refractivity contribution < 1.29 is 14.3 Å². The summed E-state index contributed by atoms with van der Waals surface area (Å²) in [5.41, 5.74) is 0.454. The van der Waals surface area contributed by atoms with Crippen LogP contribution < -0.4 is 15.0 Å². The van der Waals surface area contributed by atoms with Crippen LogP contribution in [-0.2, 0) is 9.59 Å². The van der Waals surface area contributed by atoms with Crippen LogP contribution in [0.25, 0.3) is 0 Å². The second-order valence-electron chi connectivity index (χ2n) is 9.01. The molecule has 2 aliphatic heterocycles. The Morgan fingerprint density at radius 3 is 2.50 bits per heavy atom. The fourth-order valence-electron chi connectivity index (χ4n) is 4.30. The molecule has 2 heterocycles. The molecule has 0 bridgehead atoms. The average Bonchev–Trinajstić information content (AvgIpc) is 3.56. The minimum absolute atomic E-state index is 0.0653. The lowest BCUT2D eigenvalue weighted by molar-refractivity contribution is -0.140. The maximum atomic E-state index is 12.5. The molecule has 7 nitrogen and oxygen atoms in total. The Kier molecular flexibility index (Phi) is 6.29. The minimum Gasteiger partial charge on any atom is -0.491 e.